The maximum Gasteiger partial charge on any atom is 0.357 e. The molecule has 5 heteroatoms. The molecule has 98 valence electrons. The van der Waals surface area contributed by atoms with Gasteiger partial charge in [-0.2, -0.15) is 5.10 Å². The molecule has 0 saturated carbocycles. The number of halogens is 1. The lowest BCUT2D eigenvalue weighted by molar-refractivity contribution is 0.0690. The zero-order valence-electron chi connectivity index (χ0n) is 10.5. The number of fused-ring (bicyclic) bond motifs is 1. The molecule has 0 spiro atoms. The van der Waals surface area contributed by atoms with Gasteiger partial charge in [0.2, 0.25) is 0 Å². The Morgan fingerprint density at radius 2 is 2.26 bits per heavy atom. The van der Waals surface area contributed by atoms with Crippen molar-refractivity contribution < 1.29 is 14.3 Å². The van der Waals surface area contributed by atoms with Gasteiger partial charge in [0.05, 0.1) is 0 Å². The number of aromatic nitrogens is 2. The van der Waals surface area contributed by atoms with Crippen LogP contribution in [0.15, 0.2) is 18.2 Å². The van der Waals surface area contributed by atoms with E-state index in [0.717, 1.165) is 30.6 Å². The maximum atomic E-state index is 13.3. The van der Waals surface area contributed by atoms with Gasteiger partial charge in [0.15, 0.2) is 5.69 Å². The molecule has 0 bridgehead atoms. The summed E-state index contributed by atoms with van der Waals surface area (Å²) in [6.07, 6.45) is 1.78. The van der Waals surface area contributed by atoms with Gasteiger partial charge in [-0.15, -0.1) is 0 Å². The molecule has 0 aliphatic carbocycles. The number of carboxylic acids is 1. The van der Waals surface area contributed by atoms with Gasteiger partial charge in [-0.3, -0.25) is 4.68 Å². The molecule has 1 N–H and O–H groups in total. The van der Waals surface area contributed by atoms with Gasteiger partial charge in [0.1, 0.15) is 5.82 Å². The van der Waals surface area contributed by atoms with Crippen LogP contribution in [0.3, 0.4) is 0 Å². The lowest BCUT2D eigenvalue weighted by atomic mass is 9.99. The van der Waals surface area contributed by atoms with Crippen LogP contribution in [-0.2, 0) is 13.0 Å². The van der Waals surface area contributed by atoms with E-state index in [2.05, 4.69) is 5.10 Å². The van der Waals surface area contributed by atoms with Crippen molar-refractivity contribution in [1.29, 1.82) is 0 Å². The molecule has 1 aliphatic rings. The summed E-state index contributed by atoms with van der Waals surface area (Å²) in [7, 11) is 0. The standard InChI is InChI=1S/C14H13FN2O2/c1-8-7-9(4-5-10(8)15)12-11-3-2-6-17(11)16-13(12)14(18)19/h4-5,7H,2-3,6H2,1H3,(H,18,19). The van der Waals surface area contributed by atoms with E-state index in [-0.39, 0.29) is 11.5 Å². The highest BCUT2D eigenvalue weighted by molar-refractivity contribution is 5.95. The second-order valence-electron chi connectivity index (χ2n) is 4.77. The average Bonchev–Trinajstić information content (AvgIpc) is 2.92. The fourth-order valence-corrected chi connectivity index (χ4v) is 2.59. The first-order chi connectivity index (χ1) is 9.08. The smallest absolute Gasteiger partial charge is 0.357 e. The number of nitrogens with zero attached hydrogens (tertiary/aromatic N) is 2. The summed E-state index contributed by atoms with van der Waals surface area (Å²) in [5.74, 6) is -1.33. The number of hydrogen-bond donors (Lipinski definition) is 1. The zero-order valence-corrected chi connectivity index (χ0v) is 10.5. The van der Waals surface area contributed by atoms with Crippen molar-refractivity contribution in [2.24, 2.45) is 0 Å². The monoisotopic (exact) mass is 260 g/mol. The van der Waals surface area contributed by atoms with Crippen LogP contribution in [0.4, 0.5) is 4.39 Å². The van der Waals surface area contributed by atoms with Crippen molar-refractivity contribution >= 4 is 5.97 Å². The third-order valence-electron chi connectivity index (χ3n) is 3.49. The van der Waals surface area contributed by atoms with Gasteiger partial charge >= 0.3 is 5.97 Å². The van der Waals surface area contributed by atoms with Gasteiger partial charge < -0.3 is 5.11 Å². The Bertz CT molecular complexity index is 676. The average molecular weight is 260 g/mol. The molecule has 0 atom stereocenters. The van der Waals surface area contributed by atoms with Crippen molar-refractivity contribution in [2.45, 2.75) is 26.3 Å². The first-order valence-corrected chi connectivity index (χ1v) is 6.17. The predicted octanol–water partition coefficient (Wildman–Crippen LogP) is 2.64. The normalized spacial score (nSPS) is 13.6. The number of rotatable bonds is 2. The Balaban J connectivity index is 2.23. The second-order valence-corrected chi connectivity index (χ2v) is 4.77. The number of carbonyl (C=O) groups is 1. The van der Waals surface area contributed by atoms with Crippen LogP contribution < -0.4 is 0 Å². The van der Waals surface area contributed by atoms with Crippen LogP contribution in [0.1, 0.15) is 28.2 Å². The number of hydrogen-bond acceptors (Lipinski definition) is 2. The summed E-state index contributed by atoms with van der Waals surface area (Å²) >= 11 is 0. The molecule has 0 radical (unpaired) electrons. The van der Waals surface area contributed by atoms with E-state index in [0.29, 0.717) is 11.1 Å². The minimum absolute atomic E-state index is 0.0562. The number of aromatic carboxylic acids is 1. The van der Waals surface area contributed by atoms with Crippen LogP contribution in [-0.4, -0.2) is 20.9 Å². The number of benzene rings is 1. The third-order valence-corrected chi connectivity index (χ3v) is 3.49. The summed E-state index contributed by atoms with van der Waals surface area (Å²) < 4.78 is 15.1. The third kappa shape index (κ3) is 1.82. The molecule has 0 saturated heterocycles. The first kappa shape index (κ1) is 11.9. The maximum absolute atomic E-state index is 13.3. The van der Waals surface area contributed by atoms with Crippen LogP contribution in [0.25, 0.3) is 11.1 Å². The quantitative estimate of drug-likeness (QED) is 0.903. The first-order valence-electron chi connectivity index (χ1n) is 6.17. The van der Waals surface area contributed by atoms with E-state index in [4.69, 9.17) is 0 Å². The predicted molar refractivity (Wildman–Crippen MR) is 67.6 cm³/mol. The summed E-state index contributed by atoms with van der Waals surface area (Å²) in [5, 5.41) is 13.4. The van der Waals surface area contributed by atoms with Gasteiger partial charge in [-0.05, 0) is 43.0 Å². The van der Waals surface area contributed by atoms with Crippen LogP contribution >= 0.6 is 0 Å². The Morgan fingerprint density at radius 1 is 1.47 bits per heavy atom. The number of aryl methyl sites for hydroxylation is 2. The molecular formula is C14H13FN2O2. The van der Waals surface area contributed by atoms with E-state index in [9.17, 15) is 14.3 Å². The van der Waals surface area contributed by atoms with Crippen molar-refractivity contribution in [2.75, 3.05) is 0 Å². The van der Waals surface area contributed by atoms with Crippen molar-refractivity contribution in [1.82, 2.24) is 9.78 Å². The molecular weight excluding hydrogens is 247 g/mol. The van der Waals surface area contributed by atoms with Gasteiger partial charge in [0, 0.05) is 17.8 Å². The fraction of sp³-hybridized carbons (Fsp3) is 0.286. The Kier molecular flexibility index (Phi) is 2.62. The summed E-state index contributed by atoms with van der Waals surface area (Å²) in [6, 6.07) is 4.66. The molecule has 1 aromatic carbocycles. The largest absolute Gasteiger partial charge is 0.476 e. The highest BCUT2D eigenvalue weighted by Crippen LogP contribution is 2.32. The van der Waals surface area contributed by atoms with E-state index in [1.165, 1.54) is 6.07 Å². The van der Waals surface area contributed by atoms with Crippen molar-refractivity contribution in [3.05, 3.63) is 41.0 Å². The molecule has 19 heavy (non-hydrogen) atoms. The summed E-state index contributed by atoms with van der Waals surface area (Å²) in [6.45, 7) is 2.42. The molecule has 0 fully saturated rings. The van der Waals surface area contributed by atoms with Crippen LogP contribution in [0.2, 0.25) is 0 Å². The van der Waals surface area contributed by atoms with Crippen molar-refractivity contribution in [3.8, 4) is 11.1 Å². The Hall–Kier alpha value is -2.17. The van der Waals surface area contributed by atoms with E-state index < -0.39 is 5.97 Å². The minimum Gasteiger partial charge on any atom is -0.476 e. The Morgan fingerprint density at radius 3 is 2.95 bits per heavy atom. The summed E-state index contributed by atoms with van der Waals surface area (Å²) in [5.41, 5.74) is 2.85. The van der Waals surface area contributed by atoms with Crippen LogP contribution in [0, 0.1) is 12.7 Å². The highest BCUT2D eigenvalue weighted by Gasteiger charge is 2.26. The Labute approximate surface area is 109 Å². The molecule has 0 unspecified atom stereocenters. The minimum atomic E-state index is -1.04. The van der Waals surface area contributed by atoms with Gasteiger partial charge in [-0.25, -0.2) is 9.18 Å². The molecule has 4 nitrogen and oxygen atoms in total. The molecule has 3 rings (SSSR count). The van der Waals surface area contributed by atoms with Crippen molar-refractivity contribution in [3.63, 3.8) is 0 Å². The summed E-state index contributed by atoms with van der Waals surface area (Å²) in [4.78, 5) is 11.3. The zero-order chi connectivity index (χ0) is 13.6. The topological polar surface area (TPSA) is 55.1 Å². The SMILES string of the molecule is Cc1cc(-c2c(C(=O)O)nn3c2CCC3)ccc1F. The lowest BCUT2D eigenvalue weighted by Gasteiger charge is -2.05. The van der Waals surface area contributed by atoms with Gasteiger partial charge in [0.25, 0.3) is 0 Å². The highest BCUT2D eigenvalue weighted by atomic mass is 19.1. The molecule has 1 aromatic heterocycles. The molecule has 0 amide bonds. The van der Waals surface area contributed by atoms with E-state index >= 15 is 0 Å². The molecule has 2 aromatic rings. The second kappa shape index (κ2) is 4.19. The number of carboxylic acid groups (broad SMARTS) is 1. The fourth-order valence-electron chi connectivity index (χ4n) is 2.59. The van der Waals surface area contributed by atoms with E-state index in [1.807, 2.05) is 0 Å². The molecule has 2 heterocycles. The van der Waals surface area contributed by atoms with Gasteiger partial charge in [-0.1, -0.05) is 6.07 Å². The molecule has 1 aliphatic heterocycles. The lowest BCUT2D eigenvalue weighted by Crippen LogP contribution is -2.02. The van der Waals surface area contributed by atoms with Crippen LogP contribution in [0.5, 0.6) is 0 Å². The van der Waals surface area contributed by atoms with E-state index in [1.54, 1.807) is 23.7 Å².